The van der Waals surface area contributed by atoms with Gasteiger partial charge in [0.15, 0.2) is 5.78 Å². The second-order valence-corrected chi connectivity index (χ2v) is 3.16. The number of carbonyl (C=O) groups is 1. The van der Waals surface area contributed by atoms with Crippen LogP contribution in [0.1, 0.15) is 5.56 Å². The molecule has 0 spiro atoms. The molecule has 2 nitrogen and oxygen atoms in total. The van der Waals surface area contributed by atoms with E-state index < -0.39 is 0 Å². The van der Waals surface area contributed by atoms with Gasteiger partial charge in [-0.2, -0.15) is 0 Å². The summed E-state index contributed by atoms with van der Waals surface area (Å²) in [4.78, 5) is 15.5. The molecule has 1 aliphatic rings. The third kappa shape index (κ3) is 2.75. The minimum atomic E-state index is 0.0175. The number of rotatable bonds is 3. The van der Waals surface area contributed by atoms with Crippen LogP contribution >= 0.6 is 0 Å². The quantitative estimate of drug-likeness (QED) is 0.693. The first kappa shape index (κ1) is 10.1. The second-order valence-electron chi connectivity index (χ2n) is 3.16. The highest BCUT2D eigenvalue weighted by Gasteiger charge is 2.22. The highest BCUT2D eigenvalue weighted by molar-refractivity contribution is 6.07. The van der Waals surface area contributed by atoms with Crippen LogP contribution in [-0.2, 0) is 4.79 Å². The van der Waals surface area contributed by atoms with Gasteiger partial charge in [0.05, 0.1) is 5.92 Å². The van der Waals surface area contributed by atoms with Crippen LogP contribution in [0.25, 0.3) is 6.08 Å². The summed E-state index contributed by atoms with van der Waals surface area (Å²) in [6.07, 6.45) is 14.1. The van der Waals surface area contributed by atoms with E-state index in [2.05, 4.69) is 4.98 Å². The topological polar surface area (TPSA) is 30.0 Å². The predicted octanol–water partition coefficient (Wildman–Crippen LogP) is 2.07. The van der Waals surface area contributed by atoms with Gasteiger partial charge in [0.2, 0.25) is 0 Å². The third-order valence-corrected chi connectivity index (χ3v) is 2.06. The molecule has 2 rings (SSSR count). The van der Waals surface area contributed by atoms with Crippen molar-refractivity contribution in [3.8, 4) is 0 Å². The summed E-state index contributed by atoms with van der Waals surface area (Å²) in [5.41, 5.74) is 0.928. The molecule has 0 aromatic carbocycles. The lowest BCUT2D eigenvalue weighted by molar-refractivity contribution is -0.112. The molecule has 1 aliphatic carbocycles. The summed E-state index contributed by atoms with van der Waals surface area (Å²) in [5.74, 6) is 0.735. The van der Waals surface area contributed by atoms with Crippen molar-refractivity contribution in [1.82, 2.24) is 4.98 Å². The number of nitrogens with zero attached hydrogens (tertiary/aromatic N) is 1. The van der Waals surface area contributed by atoms with Gasteiger partial charge in [-0.15, -0.1) is 0 Å². The molecule has 5 radical (unpaired) electrons. The number of carbonyl (C=O) groups excluding carboxylic acids is 1. The van der Waals surface area contributed by atoms with E-state index in [0.29, 0.717) is 0 Å². The Balaban J connectivity index is 1.96. The maximum Gasteiger partial charge on any atom is 0.163 e. The lowest BCUT2D eigenvalue weighted by atomic mass is 10.0. The van der Waals surface area contributed by atoms with Crippen LogP contribution in [0.3, 0.4) is 0 Å². The number of ketones is 1. The molecule has 0 amide bonds. The van der Waals surface area contributed by atoms with Gasteiger partial charge in [-0.05, 0) is 49.5 Å². The molecule has 15 heavy (non-hydrogen) atoms. The number of allylic oxidation sites excluding steroid dienone is 1. The minimum absolute atomic E-state index is 0.0175. The Morgan fingerprint density at radius 2 is 2.07 bits per heavy atom. The van der Waals surface area contributed by atoms with Crippen molar-refractivity contribution < 1.29 is 4.79 Å². The van der Waals surface area contributed by atoms with Crippen LogP contribution in [0.5, 0.6) is 0 Å². The molecule has 0 atom stereocenters. The molecule has 0 aliphatic heterocycles. The van der Waals surface area contributed by atoms with Crippen molar-refractivity contribution >= 4 is 11.9 Å². The van der Waals surface area contributed by atoms with Crippen molar-refractivity contribution in [1.29, 1.82) is 0 Å². The zero-order valence-electron chi connectivity index (χ0n) is 8.13. The maximum absolute atomic E-state index is 11.6. The minimum Gasteiger partial charge on any atom is -0.294 e. The van der Waals surface area contributed by atoms with Crippen LogP contribution in [-0.4, -0.2) is 10.8 Å². The van der Waals surface area contributed by atoms with Crippen molar-refractivity contribution in [3.63, 3.8) is 0 Å². The predicted molar refractivity (Wildman–Crippen MR) is 58.7 cm³/mol. The summed E-state index contributed by atoms with van der Waals surface area (Å²) in [5, 5.41) is 0. The van der Waals surface area contributed by atoms with E-state index in [0.717, 1.165) is 11.5 Å². The Kier molecular flexibility index (Phi) is 3.28. The van der Waals surface area contributed by atoms with Gasteiger partial charge in [-0.1, -0.05) is 6.07 Å². The number of pyridine rings is 1. The van der Waals surface area contributed by atoms with E-state index in [1.54, 1.807) is 37.4 Å². The summed E-state index contributed by atoms with van der Waals surface area (Å²) in [7, 11) is 0. The van der Waals surface area contributed by atoms with E-state index in [-0.39, 0.29) is 5.78 Å². The van der Waals surface area contributed by atoms with E-state index >= 15 is 0 Å². The molecular weight excluding hydrogens is 186 g/mol. The largest absolute Gasteiger partial charge is 0.294 e. The van der Waals surface area contributed by atoms with Gasteiger partial charge in [0, 0.05) is 12.4 Å². The van der Waals surface area contributed by atoms with E-state index in [1.807, 2.05) is 25.0 Å². The number of hydrogen-bond acceptors (Lipinski definition) is 2. The first-order valence-corrected chi connectivity index (χ1v) is 4.70. The van der Waals surface area contributed by atoms with Gasteiger partial charge in [0.1, 0.15) is 0 Å². The van der Waals surface area contributed by atoms with Crippen LogP contribution in [0.4, 0.5) is 0 Å². The van der Waals surface area contributed by atoms with Gasteiger partial charge in [-0.3, -0.25) is 9.78 Å². The summed E-state index contributed by atoms with van der Waals surface area (Å²) in [6.45, 7) is 0. The zero-order chi connectivity index (χ0) is 10.5. The molecular formula is C13H10NO. The number of aromatic nitrogens is 1. The summed E-state index contributed by atoms with van der Waals surface area (Å²) >= 11 is 0. The van der Waals surface area contributed by atoms with Gasteiger partial charge in [0.25, 0.3) is 0 Å². The normalized spacial score (nSPS) is 17.3. The zero-order valence-corrected chi connectivity index (χ0v) is 8.13. The molecule has 0 saturated heterocycles. The van der Waals surface area contributed by atoms with E-state index in [9.17, 15) is 4.79 Å². The van der Waals surface area contributed by atoms with E-state index in [1.165, 1.54) is 0 Å². The highest BCUT2D eigenvalue weighted by Crippen LogP contribution is 2.24. The summed E-state index contributed by atoms with van der Waals surface area (Å²) in [6, 6.07) is 3.74. The Morgan fingerprint density at radius 1 is 1.27 bits per heavy atom. The fourth-order valence-electron chi connectivity index (χ4n) is 1.28. The molecule has 0 bridgehead atoms. The lowest BCUT2D eigenvalue weighted by Crippen LogP contribution is -2.05. The molecule has 1 fully saturated rings. The van der Waals surface area contributed by atoms with Crippen molar-refractivity contribution in [2.24, 2.45) is 0 Å². The van der Waals surface area contributed by atoms with Gasteiger partial charge < -0.3 is 0 Å². The summed E-state index contributed by atoms with van der Waals surface area (Å²) < 4.78 is 0. The first-order valence-electron chi connectivity index (χ1n) is 4.70. The van der Waals surface area contributed by atoms with Crippen molar-refractivity contribution in [2.45, 2.75) is 0 Å². The van der Waals surface area contributed by atoms with Crippen LogP contribution < -0.4 is 0 Å². The molecule has 0 N–H and O–H groups in total. The third-order valence-electron chi connectivity index (χ3n) is 2.06. The second kappa shape index (κ2) is 4.87. The highest BCUT2D eigenvalue weighted by atomic mass is 16.1. The Morgan fingerprint density at radius 3 is 2.73 bits per heavy atom. The average Bonchev–Trinajstić information content (AvgIpc) is 2.81. The Bertz CT molecular complexity index is 350. The SMILES string of the molecule is O=C(/C=C/c1cccnc1)[C]1[CH][CH][CH][CH]1. The Hall–Kier alpha value is -1.44. The average molecular weight is 196 g/mol. The lowest BCUT2D eigenvalue weighted by Gasteiger charge is -2.00. The van der Waals surface area contributed by atoms with Crippen LogP contribution in [0.15, 0.2) is 30.6 Å². The first-order chi connectivity index (χ1) is 7.36. The van der Waals surface area contributed by atoms with Crippen molar-refractivity contribution in [3.05, 3.63) is 67.8 Å². The molecule has 0 unspecified atom stereocenters. The molecule has 1 saturated carbocycles. The number of hydrogen-bond donors (Lipinski definition) is 0. The Labute approximate surface area is 90.0 Å². The standard InChI is InChI=1S/C13H10NO/c15-13(12-5-1-2-6-12)8-7-11-4-3-9-14-10-11/h1-10H/b8-7+. The molecule has 2 heteroatoms. The van der Waals surface area contributed by atoms with Gasteiger partial charge in [-0.25, -0.2) is 0 Å². The monoisotopic (exact) mass is 196 g/mol. The molecule has 1 aromatic rings. The fraction of sp³-hybridized carbons (Fsp3) is 0. The fourth-order valence-corrected chi connectivity index (χ4v) is 1.28. The maximum atomic E-state index is 11.6. The van der Waals surface area contributed by atoms with Crippen LogP contribution in [0, 0.1) is 31.6 Å². The van der Waals surface area contributed by atoms with Crippen molar-refractivity contribution in [2.75, 3.05) is 0 Å². The smallest absolute Gasteiger partial charge is 0.163 e. The molecule has 1 aromatic heterocycles. The van der Waals surface area contributed by atoms with Crippen LogP contribution in [0.2, 0.25) is 0 Å². The molecule has 1 heterocycles. The van der Waals surface area contributed by atoms with Gasteiger partial charge >= 0.3 is 0 Å². The van der Waals surface area contributed by atoms with E-state index in [4.69, 9.17) is 0 Å². The molecule has 73 valence electrons.